The molecule has 1 aliphatic heterocycles. The van der Waals surface area contributed by atoms with Gasteiger partial charge in [0.2, 0.25) is 0 Å². The third-order valence-corrected chi connectivity index (χ3v) is 3.33. The lowest BCUT2D eigenvalue weighted by Gasteiger charge is -2.18. The minimum Gasteiger partial charge on any atom is -0.491 e. The van der Waals surface area contributed by atoms with E-state index in [1.54, 1.807) is 23.1 Å². The van der Waals surface area contributed by atoms with Crippen molar-refractivity contribution in [3.63, 3.8) is 0 Å². The maximum absolute atomic E-state index is 12.1. The second kappa shape index (κ2) is 6.81. The van der Waals surface area contributed by atoms with Gasteiger partial charge in [0.25, 0.3) is 0 Å². The third-order valence-electron chi connectivity index (χ3n) is 3.10. The van der Waals surface area contributed by atoms with Crippen LogP contribution in [0.2, 0.25) is 5.02 Å². The first-order valence-corrected chi connectivity index (χ1v) is 7.14. The van der Waals surface area contributed by atoms with E-state index in [1.807, 2.05) is 6.92 Å². The predicted molar refractivity (Wildman–Crippen MR) is 78.5 cm³/mol. The van der Waals surface area contributed by atoms with E-state index in [0.29, 0.717) is 42.6 Å². The predicted octanol–water partition coefficient (Wildman–Crippen LogP) is 2.73. The Bertz CT molecular complexity index is 481. The molecule has 0 radical (unpaired) electrons. The lowest BCUT2D eigenvalue weighted by molar-refractivity contribution is 0.176. The first kappa shape index (κ1) is 14.9. The molecule has 1 aromatic rings. The van der Waals surface area contributed by atoms with Crippen LogP contribution in [0.15, 0.2) is 18.2 Å². The molecule has 110 valence electrons. The van der Waals surface area contributed by atoms with Gasteiger partial charge in [-0.05, 0) is 31.0 Å². The first-order valence-electron chi connectivity index (χ1n) is 6.76. The molecule has 0 spiro atoms. The Kier molecular flexibility index (Phi) is 5.09. The van der Waals surface area contributed by atoms with Gasteiger partial charge in [-0.15, -0.1) is 0 Å². The van der Waals surface area contributed by atoms with Crippen molar-refractivity contribution in [2.24, 2.45) is 0 Å². The minimum atomic E-state index is -0.434. The van der Waals surface area contributed by atoms with E-state index in [-0.39, 0.29) is 6.03 Å². The molecule has 20 heavy (non-hydrogen) atoms. The van der Waals surface area contributed by atoms with Crippen LogP contribution in [0.1, 0.15) is 19.8 Å². The van der Waals surface area contributed by atoms with E-state index >= 15 is 0 Å². The van der Waals surface area contributed by atoms with E-state index in [0.717, 1.165) is 6.42 Å². The van der Waals surface area contributed by atoms with Gasteiger partial charge in [0, 0.05) is 18.1 Å². The number of halogens is 1. The molecule has 0 bridgehead atoms. The van der Waals surface area contributed by atoms with E-state index in [9.17, 15) is 9.90 Å². The minimum absolute atomic E-state index is 0.245. The quantitative estimate of drug-likeness (QED) is 0.898. The Balaban J connectivity index is 2.07. The number of nitrogens with one attached hydrogen (secondary N) is 1. The van der Waals surface area contributed by atoms with Gasteiger partial charge in [0.1, 0.15) is 5.75 Å². The van der Waals surface area contributed by atoms with Crippen LogP contribution in [0.5, 0.6) is 5.75 Å². The molecule has 5 nitrogen and oxygen atoms in total. The summed E-state index contributed by atoms with van der Waals surface area (Å²) in [5, 5.41) is 12.8. The summed E-state index contributed by atoms with van der Waals surface area (Å²) in [6, 6.07) is 4.88. The van der Waals surface area contributed by atoms with Crippen molar-refractivity contribution in [3.8, 4) is 5.75 Å². The number of aliphatic hydroxyl groups is 1. The maximum atomic E-state index is 12.1. The summed E-state index contributed by atoms with van der Waals surface area (Å²) >= 11 is 5.96. The molecule has 2 rings (SSSR count). The number of hydrogen-bond acceptors (Lipinski definition) is 3. The third kappa shape index (κ3) is 3.77. The highest BCUT2D eigenvalue weighted by Crippen LogP contribution is 2.28. The van der Waals surface area contributed by atoms with Crippen LogP contribution < -0.4 is 10.1 Å². The molecule has 6 heteroatoms. The molecule has 2 N–H and O–H groups in total. The van der Waals surface area contributed by atoms with Crippen LogP contribution in [0.25, 0.3) is 0 Å². The van der Waals surface area contributed by atoms with Gasteiger partial charge in [0.05, 0.1) is 18.4 Å². The number of likely N-dealkylation sites (tertiary alicyclic amines) is 1. The van der Waals surface area contributed by atoms with Crippen LogP contribution in [-0.2, 0) is 0 Å². The summed E-state index contributed by atoms with van der Waals surface area (Å²) in [5.74, 6) is 0.601. The highest BCUT2D eigenvalue weighted by Gasteiger charge is 2.25. The van der Waals surface area contributed by atoms with Gasteiger partial charge in [0.15, 0.2) is 0 Å². The van der Waals surface area contributed by atoms with Crippen LogP contribution in [0.4, 0.5) is 10.5 Å². The van der Waals surface area contributed by atoms with Crippen molar-refractivity contribution in [3.05, 3.63) is 23.2 Å². The summed E-state index contributed by atoms with van der Waals surface area (Å²) in [6.45, 7) is 3.50. The Labute approximate surface area is 123 Å². The fourth-order valence-corrected chi connectivity index (χ4v) is 2.23. The van der Waals surface area contributed by atoms with E-state index in [1.165, 1.54) is 0 Å². The molecule has 1 aliphatic rings. The second-order valence-electron chi connectivity index (χ2n) is 4.81. The number of aliphatic hydroxyl groups excluding tert-OH is 1. The molecule has 1 aromatic carbocycles. The number of anilines is 1. The highest BCUT2D eigenvalue weighted by molar-refractivity contribution is 6.31. The zero-order valence-corrected chi connectivity index (χ0v) is 12.2. The van der Waals surface area contributed by atoms with Gasteiger partial charge in [-0.3, -0.25) is 0 Å². The molecule has 0 aliphatic carbocycles. The van der Waals surface area contributed by atoms with Gasteiger partial charge >= 0.3 is 6.03 Å². The molecule has 2 amide bonds. The lowest BCUT2D eigenvalue weighted by Crippen LogP contribution is -2.33. The number of hydrogen-bond donors (Lipinski definition) is 2. The zero-order chi connectivity index (χ0) is 14.5. The van der Waals surface area contributed by atoms with Crippen molar-refractivity contribution >= 4 is 23.3 Å². The average molecular weight is 299 g/mol. The fourth-order valence-electron chi connectivity index (χ4n) is 2.06. The number of urea groups is 1. The summed E-state index contributed by atoms with van der Waals surface area (Å²) in [4.78, 5) is 13.7. The monoisotopic (exact) mass is 298 g/mol. The fraction of sp³-hybridized carbons (Fsp3) is 0.500. The number of nitrogens with zero attached hydrogens (tertiary/aromatic N) is 1. The standard InChI is InChI=1S/C14H19ClN2O3/c1-2-7-20-13-4-3-10(15)8-12(13)16-14(19)17-6-5-11(18)9-17/h3-4,8,11,18H,2,5-7,9H2,1H3,(H,16,19)/t11-/m1/s1. The van der Waals surface area contributed by atoms with Crippen LogP contribution in [-0.4, -0.2) is 41.8 Å². The number of ether oxygens (including phenoxy) is 1. The van der Waals surface area contributed by atoms with E-state index in [2.05, 4.69) is 5.32 Å². The zero-order valence-electron chi connectivity index (χ0n) is 11.4. The smallest absolute Gasteiger partial charge is 0.322 e. The molecule has 0 unspecified atom stereocenters. The van der Waals surface area contributed by atoms with Gasteiger partial charge < -0.3 is 20.1 Å². The highest BCUT2D eigenvalue weighted by atomic mass is 35.5. The number of carbonyl (C=O) groups is 1. The molecule has 0 saturated carbocycles. The summed E-state index contributed by atoms with van der Waals surface area (Å²) in [5.41, 5.74) is 0.553. The SMILES string of the molecule is CCCOc1ccc(Cl)cc1NC(=O)N1CC[C@@H](O)C1. The molecule has 1 saturated heterocycles. The summed E-state index contributed by atoms with van der Waals surface area (Å²) in [7, 11) is 0. The van der Waals surface area contributed by atoms with Crippen molar-refractivity contribution in [2.75, 3.05) is 25.0 Å². The van der Waals surface area contributed by atoms with Crippen molar-refractivity contribution < 1.29 is 14.6 Å². The van der Waals surface area contributed by atoms with Gasteiger partial charge in [-0.1, -0.05) is 18.5 Å². The van der Waals surface area contributed by atoms with Crippen molar-refractivity contribution in [1.29, 1.82) is 0 Å². The first-order chi connectivity index (χ1) is 9.60. The Morgan fingerprint density at radius 2 is 2.40 bits per heavy atom. The van der Waals surface area contributed by atoms with Gasteiger partial charge in [-0.25, -0.2) is 4.79 Å². The summed E-state index contributed by atoms with van der Waals surface area (Å²) < 4.78 is 5.58. The van der Waals surface area contributed by atoms with E-state index in [4.69, 9.17) is 16.3 Å². The Morgan fingerprint density at radius 1 is 1.60 bits per heavy atom. The number of amides is 2. The number of benzene rings is 1. The topological polar surface area (TPSA) is 61.8 Å². The Morgan fingerprint density at radius 3 is 3.05 bits per heavy atom. The van der Waals surface area contributed by atoms with Crippen LogP contribution in [0.3, 0.4) is 0 Å². The Hall–Kier alpha value is -1.46. The molecule has 1 heterocycles. The van der Waals surface area contributed by atoms with Crippen molar-refractivity contribution in [1.82, 2.24) is 4.90 Å². The summed E-state index contributed by atoms with van der Waals surface area (Å²) in [6.07, 6.45) is 1.06. The lowest BCUT2D eigenvalue weighted by atomic mass is 10.3. The molecule has 1 atom stereocenters. The largest absolute Gasteiger partial charge is 0.491 e. The number of carbonyl (C=O) groups excluding carboxylic acids is 1. The molecular weight excluding hydrogens is 280 g/mol. The normalized spacial score (nSPS) is 18.1. The average Bonchev–Trinajstić information content (AvgIpc) is 2.85. The van der Waals surface area contributed by atoms with Crippen molar-refractivity contribution in [2.45, 2.75) is 25.9 Å². The second-order valence-corrected chi connectivity index (χ2v) is 5.24. The van der Waals surface area contributed by atoms with E-state index < -0.39 is 6.10 Å². The molecule has 0 aromatic heterocycles. The van der Waals surface area contributed by atoms with Gasteiger partial charge in [-0.2, -0.15) is 0 Å². The molecule has 1 fully saturated rings. The molecular formula is C14H19ClN2O3. The number of rotatable bonds is 4. The maximum Gasteiger partial charge on any atom is 0.322 e. The number of β-amino-alcohol motifs (C(OH)–C–C–N with tert-alkyl or cyclic N) is 1. The van der Waals surface area contributed by atoms with Crippen LogP contribution >= 0.6 is 11.6 Å². The van der Waals surface area contributed by atoms with Crippen LogP contribution in [0, 0.1) is 0 Å².